The molecule has 3 fully saturated rings. The van der Waals surface area contributed by atoms with E-state index in [9.17, 15) is 4.79 Å². The zero-order valence-electron chi connectivity index (χ0n) is 17.3. The van der Waals surface area contributed by atoms with Gasteiger partial charge in [0.05, 0.1) is 21.3 Å². The number of ether oxygens (including phenoxy) is 3. The molecule has 1 aliphatic heterocycles. The number of nitrogens with zero attached hydrogens (tertiary/aromatic N) is 2. The molecule has 0 N–H and O–H groups in total. The van der Waals surface area contributed by atoms with Crippen LogP contribution in [-0.4, -0.2) is 63.2 Å². The fourth-order valence-corrected chi connectivity index (χ4v) is 5.15. The summed E-state index contributed by atoms with van der Waals surface area (Å²) in [6.07, 6.45) is 5.15. The standard InChI is InChI=1S/C22H32N2O4/c1-26-18-13-20(28-3)19(27-2)12-15(18)14-23-8-10-24(11-9-23)22(25)21-16-6-4-5-7-17(16)21/h12-13,16-17,21H,4-11,14H2,1-3H3/t16-,17-/m1/s1. The topological polar surface area (TPSA) is 51.2 Å². The van der Waals surface area contributed by atoms with Crippen molar-refractivity contribution in [2.24, 2.45) is 17.8 Å². The van der Waals surface area contributed by atoms with Gasteiger partial charge in [0.15, 0.2) is 11.5 Å². The van der Waals surface area contributed by atoms with E-state index in [2.05, 4.69) is 9.80 Å². The minimum Gasteiger partial charge on any atom is -0.496 e. The summed E-state index contributed by atoms with van der Waals surface area (Å²) in [6, 6.07) is 3.87. The van der Waals surface area contributed by atoms with Gasteiger partial charge in [0.25, 0.3) is 0 Å². The minimum absolute atomic E-state index is 0.333. The highest BCUT2D eigenvalue weighted by atomic mass is 16.5. The van der Waals surface area contributed by atoms with Crippen molar-refractivity contribution in [1.82, 2.24) is 9.80 Å². The van der Waals surface area contributed by atoms with Crippen LogP contribution in [0.5, 0.6) is 17.2 Å². The fourth-order valence-electron chi connectivity index (χ4n) is 5.15. The summed E-state index contributed by atoms with van der Waals surface area (Å²) >= 11 is 0. The van der Waals surface area contributed by atoms with Crippen molar-refractivity contribution in [2.45, 2.75) is 32.2 Å². The van der Waals surface area contributed by atoms with Gasteiger partial charge >= 0.3 is 0 Å². The van der Waals surface area contributed by atoms with Crippen LogP contribution in [0.25, 0.3) is 0 Å². The zero-order valence-corrected chi connectivity index (χ0v) is 17.3. The Labute approximate surface area is 167 Å². The Hall–Kier alpha value is -1.95. The number of benzene rings is 1. The minimum atomic E-state index is 0.333. The first-order valence-corrected chi connectivity index (χ1v) is 10.5. The summed E-state index contributed by atoms with van der Waals surface area (Å²) < 4.78 is 16.4. The summed E-state index contributed by atoms with van der Waals surface area (Å²) in [5.41, 5.74) is 1.08. The van der Waals surface area contributed by atoms with Crippen molar-refractivity contribution in [3.8, 4) is 17.2 Å². The van der Waals surface area contributed by atoms with Crippen LogP contribution in [0.2, 0.25) is 0 Å². The van der Waals surface area contributed by atoms with Crippen LogP contribution >= 0.6 is 0 Å². The largest absolute Gasteiger partial charge is 0.496 e. The van der Waals surface area contributed by atoms with Gasteiger partial charge < -0.3 is 19.1 Å². The molecule has 6 nitrogen and oxygen atoms in total. The first-order chi connectivity index (χ1) is 13.7. The number of hydrogen-bond donors (Lipinski definition) is 0. The second kappa shape index (κ2) is 8.19. The number of carbonyl (C=O) groups is 1. The Morgan fingerprint density at radius 3 is 2.04 bits per heavy atom. The van der Waals surface area contributed by atoms with Crippen molar-refractivity contribution in [3.05, 3.63) is 17.7 Å². The molecule has 2 aliphatic carbocycles. The molecule has 6 heteroatoms. The monoisotopic (exact) mass is 388 g/mol. The average molecular weight is 389 g/mol. The molecule has 1 heterocycles. The molecule has 2 atom stereocenters. The molecule has 28 heavy (non-hydrogen) atoms. The molecule has 154 valence electrons. The predicted molar refractivity (Wildman–Crippen MR) is 107 cm³/mol. The third kappa shape index (κ3) is 3.66. The van der Waals surface area contributed by atoms with Crippen molar-refractivity contribution in [2.75, 3.05) is 47.5 Å². The molecule has 0 aromatic heterocycles. The Balaban J connectivity index is 1.35. The lowest BCUT2D eigenvalue weighted by molar-refractivity contribution is -0.135. The molecule has 2 saturated carbocycles. The van der Waals surface area contributed by atoms with Crippen LogP contribution in [-0.2, 0) is 11.3 Å². The molecule has 1 aromatic carbocycles. The molecule has 4 rings (SSSR count). The molecular formula is C22H32N2O4. The van der Waals surface area contributed by atoms with E-state index in [1.54, 1.807) is 21.3 Å². The van der Waals surface area contributed by atoms with Crippen LogP contribution in [0, 0.1) is 17.8 Å². The lowest BCUT2D eigenvalue weighted by atomic mass is 10.0. The van der Waals surface area contributed by atoms with E-state index in [0.717, 1.165) is 44.0 Å². The molecule has 0 bridgehead atoms. The summed E-state index contributed by atoms with van der Waals surface area (Å²) in [5.74, 6) is 4.32. The summed E-state index contributed by atoms with van der Waals surface area (Å²) in [4.78, 5) is 17.4. The molecule has 0 unspecified atom stereocenters. The van der Waals surface area contributed by atoms with Gasteiger partial charge in [-0.3, -0.25) is 9.69 Å². The van der Waals surface area contributed by atoms with Crippen LogP contribution in [0.4, 0.5) is 0 Å². The van der Waals surface area contributed by atoms with Crippen molar-refractivity contribution >= 4 is 5.91 Å². The summed E-state index contributed by atoms with van der Waals surface area (Å²) in [6.45, 7) is 4.21. The van der Waals surface area contributed by atoms with E-state index >= 15 is 0 Å². The first kappa shape index (κ1) is 19.4. The smallest absolute Gasteiger partial charge is 0.226 e. The van der Waals surface area contributed by atoms with Crippen molar-refractivity contribution < 1.29 is 19.0 Å². The number of amides is 1. The molecule has 0 spiro atoms. The Morgan fingerprint density at radius 2 is 1.46 bits per heavy atom. The Bertz CT molecular complexity index is 703. The molecule has 3 aliphatic rings. The second-order valence-corrected chi connectivity index (χ2v) is 8.26. The van der Waals surface area contributed by atoms with Crippen LogP contribution in [0.15, 0.2) is 12.1 Å². The number of fused-ring (bicyclic) bond motifs is 1. The maximum atomic E-state index is 12.9. The number of piperazine rings is 1. The van der Waals surface area contributed by atoms with Gasteiger partial charge in [-0.2, -0.15) is 0 Å². The predicted octanol–water partition coefficient (Wildman–Crippen LogP) is 2.79. The van der Waals surface area contributed by atoms with Gasteiger partial charge in [0.2, 0.25) is 5.91 Å². The number of rotatable bonds is 6. The molecule has 1 amide bonds. The first-order valence-electron chi connectivity index (χ1n) is 10.5. The second-order valence-electron chi connectivity index (χ2n) is 8.26. The van der Waals surface area contributed by atoms with Gasteiger partial charge in [-0.1, -0.05) is 12.8 Å². The van der Waals surface area contributed by atoms with Gasteiger partial charge in [0, 0.05) is 50.3 Å². The van der Waals surface area contributed by atoms with Gasteiger partial charge in [-0.15, -0.1) is 0 Å². The lowest BCUT2D eigenvalue weighted by Gasteiger charge is -2.35. The van der Waals surface area contributed by atoms with Crippen LogP contribution in [0.1, 0.15) is 31.2 Å². The molecule has 0 radical (unpaired) electrons. The van der Waals surface area contributed by atoms with E-state index < -0.39 is 0 Å². The van der Waals surface area contributed by atoms with E-state index in [1.165, 1.54) is 25.7 Å². The van der Waals surface area contributed by atoms with E-state index in [0.29, 0.717) is 35.2 Å². The van der Waals surface area contributed by atoms with Gasteiger partial charge in [-0.25, -0.2) is 0 Å². The highest BCUT2D eigenvalue weighted by molar-refractivity contribution is 5.82. The SMILES string of the molecule is COc1cc(OC)c(OC)cc1CN1CCN(C(=O)C2[C@@H]3CCCC[C@@H]23)CC1. The lowest BCUT2D eigenvalue weighted by Crippen LogP contribution is -2.49. The maximum absolute atomic E-state index is 12.9. The summed E-state index contributed by atoms with van der Waals surface area (Å²) in [5, 5.41) is 0. The highest BCUT2D eigenvalue weighted by Gasteiger charge is 2.55. The number of methoxy groups -OCH3 is 3. The third-order valence-corrected chi connectivity index (χ3v) is 6.81. The normalized spacial score (nSPS) is 27.1. The molecule has 1 saturated heterocycles. The number of carbonyl (C=O) groups excluding carboxylic acids is 1. The quantitative estimate of drug-likeness (QED) is 0.750. The highest BCUT2D eigenvalue weighted by Crippen LogP contribution is 2.56. The Kier molecular flexibility index (Phi) is 5.67. The fraction of sp³-hybridized carbons (Fsp3) is 0.682. The van der Waals surface area contributed by atoms with Crippen molar-refractivity contribution in [3.63, 3.8) is 0 Å². The third-order valence-electron chi connectivity index (χ3n) is 6.81. The van der Waals surface area contributed by atoms with E-state index in [4.69, 9.17) is 14.2 Å². The van der Waals surface area contributed by atoms with E-state index in [-0.39, 0.29) is 0 Å². The van der Waals surface area contributed by atoms with Gasteiger partial charge in [0.1, 0.15) is 5.75 Å². The Morgan fingerprint density at radius 1 is 0.893 bits per heavy atom. The average Bonchev–Trinajstić information content (AvgIpc) is 3.47. The van der Waals surface area contributed by atoms with Crippen LogP contribution < -0.4 is 14.2 Å². The van der Waals surface area contributed by atoms with Gasteiger partial charge in [-0.05, 0) is 30.7 Å². The van der Waals surface area contributed by atoms with Crippen LogP contribution in [0.3, 0.4) is 0 Å². The zero-order chi connectivity index (χ0) is 19.7. The summed E-state index contributed by atoms with van der Waals surface area (Å²) in [7, 11) is 4.95. The maximum Gasteiger partial charge on any atom is 0.226 e. The number of hydrogen-bond acceptors (Lipinski definition) is 5. The molecule has 1 aromatic rings. The van der Waals surface area contributed by atoms with Crippen molar-refractivity contribution in [1.29, 1.82) is 0 Å². The molecular weight excluding hydrogens is 356 g/mol. The van der Waals surface area contributed by atoms with E-state index in [1.807, 2.05) is 12.1 Å².